The van der Waals surface area contributed by atoms with Crippen molar-refractivity contribution >= 4 is 22.5 Å². The number of H-pyrrole nitrogens is 1. The minimum absolute atomic E-state index is 0.193. The monoisotopic (exact) mass is 525 g/mol. The molecular weight excluding hydrogens is 507 g/mol. The van der Waals surface area contributed by atoms with E-state index in [1.54, 1.807) is 25.1 Å². The highest BCUT2D eigenvalue weighted by atomic mass is 32.2. The fourth-order valence-electron chi connectivity index (χ4n) is 3.25. The maximum Gasteiger partial charge on any atom is 0.439 e. The lowest BCUT2D eigenvalue weighted by atomic mass is 10.1. The largest absolute Gasteiger partial charge is 0.610 e. The van der Waals surface area contributed by atoms with Gasteiger partial charge in [0.25, 0.3) is 5.03 Å². The minimum Gasteiger partial charge on any atom is -0.610 e. The molecule has 2 aromatic carbocycles. The quantitative estimate of drug-likeness (QED) is 0.336. The van der Waals surface area contributed by atoms with Gasteiger partial charge in [-0.3, -0.25) is 9.51 Å². The number of nitrogens with one attached hydrogen (secondary N) is 1. The second-order valence-corrected chi connectivity index (χ2v) is 9.61. The van der Waals surface area contributed by atoms with Gasteiger partial charge in [0.15, 0.2) is 5.82 Å². The number of rotatable bonds is 7. The summed E-state index contributed by atoms with van der Waals surface area (Å²) in [5, 5.41) is 4.37. The number of alkyl halides is 3. The van der Waals surface area contributed by atoms with E-state index in [0.29, 0.717) is 37.5 Å². The molecule has 0 aliphatic rings. The van der Waals surface area contributed by atoms with E-state index in [4.69, 9.17) is 9.47 Å². The number of methoxy groups -OCH3 is 1. The number of thiazole rings is 1. The molecule has 35 heavy (non-hydrogen) atoms. The zero-order chi connectivity index (χ0) is 25.3. The summed E-state index contributed by atoms with van der Waals surface area (Å²) in [5.74, 6) is 0.276. The van der Waals surface area contributed by atoms with E-state index in [2.05, 4.69) is 19.6 Å². The number of hydrogen-bond acceptors (Lipinski definition) is 8. The average molecular weight is 526 g/mol. The van der Waals surface area contributed by atoms with Crippen LogP contribution in [0.5, 0.6) is 11.5 Å². The van der Waals surface area contributed by atoms with Crippen molar-refractivity contribution < 1.29 is 31.7 Å². The van der Waals surface area contributed by atoms with Crippen LogP contribution in [0.1, 0.15) is 23.5 Å². The van der Waals surface area contributed by atoms with E-state index in [0.717, 1.165) is 12.1 Å². The maximum atomic E-state index is 12.9. The summed E-state index contributed by atoms with van der Waals surface area (Å²) in [7, 11) is 1.45. The molecule has 0 aliphatic carbocycles. The molecule has 184 valence electrons. The summed E-state index contributed by atoms with van der Waals surface area (Å²) in [6, 6.07) is 9.49. The van der Waals surface area contributed by atoms with Gasteiger partial charge in [0.05, 0.1) is 18.2 Å². The van der Waals surface area contributed by atoms with Crippen molar-refractivity contribution in [2.45, 2.75) is 24.2 Å². The summed E-state index contributed by atoms with van der Waals surface area (Å²) in [6.45, 7) is 1.75. The lowest BCUT2D eigenvalue weighted by molar-refractivity contribution is -0.137. The molecule has 0 spiro atoms. The number of benzene rings is 2. The first-order valence-electron chi connectivity index (χ1n) is 9.99. The smallest absolute Gasteiger partial charge is 0.439 e. The molecule has 2 heterocycles. The van der Waals surface area contributed by atoms with Crippen LogP contribution in [0, 0.1) is 0 Å². The van der Waals surface area contributed by atoms with E-state index in [9.17, 15) is 22.5 Å². The van der Waals surface area contributed by atoms with Crippen LogP contribution in [0.15, 0.2) is 56.8 Å². The van der Waals surface area contributed by atoms with Gasteiger partial charge in [-0.15, -0.1) is 11.3 Å². The molecule has 0 saturated heterocycles. The Morgan fingerprint density at radius 3 is 2.49 bits per heavy atom. The van der Waals surface area contributed by atoms with Crippen molar-refractivity contribution in [2.75, 3.05) is 13.4 Å². The van der Waals surface area contributed by atoms with Crippen LogP contribution in [0.2, 0.25) is 0 Å². The van der Waals surface area contributed by atoms with Gasteiger partial charge in [-0.1, -0.05) is 17.3 Å². The van der Waals surface area contributed by atoms with Gasteiger partial charge in [0.2, 0.25) is 0 Å². The third-order valence-corrected chi connectivity index (χ3v) is 7.15. The Morgan fingerprint density at radius 1 is 1.20 bits per heavy atom. The first-order valence-corrected chi connectivity index (χ1v) is 12.4. The van der Waals surface area contributed by atoms with Gasteiger partial charge in [0, 0.05) is 22.8 Å². The Morgan fingerprint density at radius 2 is 1.91 bits per heavy atom. The summed E-state index contributed by atoms with van der Waals surface area (Å²) < 4.78 is 66.9. The van der Waals surface area contributed by atoms with Crippen LogP contribution in [-0.2, 0) is 17.4 Å². The number of aromatic nitrogens is 3. The number of aromatic amines is 1. The Kier molecular flexibility index (Phi) is 6.92. The van der Waals surface area contributed by atoms with Gasteiger partial charge in [-0.05, 0) is 31.2 Å². The Labute approximate surface area is 203 Å². The molecule has 1 N–H and O–H groups in total. The van der Waals surface area contributed by atoms with Gasteiger partial charge in [-0.2, -0.15) is 18.2 Å². The minimum atomic E-state index is -4.44. The Hall–Kier alpha value is -3.29. The second-order valence-electron chi connectivity index (χ2n) is 7.28. The zero-order valence-electron chi connectivity index (χ0n) is 18.5. The zero-order valence-corrected chi connectivity index (χ0v) is 20.1. The highest BCUT2D eigenvalue weighted by Gasteiger charge is 2.31. The van der Waals surface area contributed by atoms with Crippen molar-refractivity contribution in [1.82, 2.24) is 15.1 Å². The topological polar surface area (TPSA) is 113 Å². The Balaban J connectivity index is 1.61. The predicted octanol–water partition coefficient (Wildman–Crippen LogP) is 5.06. The first-order chi connectivity index (χ1) is 16.6. The van der Waals surface area contributed by atoms with Gasteiger partial charge < -0.3 is 14.0 Å². The molecule has 0 bridgehead atoms. The van der Waals surface area contributed by atoms with Crippen molar-refractivity contribution in [3.63, 3.8) is 0 Å². The molecule has 13 heteroatoms. The molecule has 0 amide bonds. The molecule has 0 radical (unpaired) electrons. The predicted molar refractivity (Wildman–Crippen MR) is 123 cm³/mol. The van der Waals surface area contributed by atoms with E-state index in [-0.39, 0.29) is 5.82 Å². The number of nitrogens with zero attached hydrogens (tertiary/aromatic N) is 2. The highest BCUT2D eigenvalue weighted by molar-refractivity contribution is 7.90. The lowest BCUT2D eigenvalue weighted by Gasteiger charge is -2.15. The fourth-order valence-corrected chi connectivity index (χ4v) is 5.40. The van der Waals surface area contributed by atoms with E-state index in [1.807, 2.05) is 0 Å². The van der Waals surface area contributed by atoms with Crippen molar-refractivity contribution in [3.05, 3.63) is 63.5 Å². The van der Waals surface area contributed by atoms with E-state index >= 15 is 0 Å². The lowest BCUT2D eigenvalue weighted by Crippen LogP contribution is -2.08. The molecule has 4 aromatic rings. The van der Waals surface area contributed by atoms with E-state index in [1.165, 1.54) is 36.8 Å². The van der Waals surface area contributed by atoms with Crippen LogP contribution >= 0.6 is 11.3 Å². The van der Waals surface area contributed by atoms with Crippen LogP contribution < -0.4 is 15.2 Å². The third kappa shape index (κ3) is 5.36. The highest BCUT2D eigenvalue weighted by Crippen LogP contribution is 2.39. The van der Waals surface area contributed by atoms with Gasteiger partial charge in [0.1, 0.15) is 33.7 Å². The Bertz CT molecular complexity index is 1380. The summed E-state index contributed by atoms with van der Waals surface area (Å²) in [4.78, 5) is 18.7. The van der Waals surface area contributed by atoms with Crippen LogP contribution in [-0.4, -0.2) is 33.0 Å². The van der Waals surface area contributed by atoms with E-state index < -0.39 is 34.8 Å². The number of hydrogen-bond donors (Lipinski definition) is 1. The molecular formula is C22H18F3N3O5S2. The molecule has 2 atom stereocenters. The summed E-state index contributed by atoms with van der Waals surface area (Å²) >= 11 is -0.270. The maximum absolute atomic E-state index is 12.9. The molecule has 2 unspecified atom stereocenters. The standard InChI is InChI=1S/C22H18F3N3O5S2/c1-11(32-14-8-9-15(16(10-14)31-2)18-26-21(29)33-28-18)17-20(35(3)30)27-19(34-17)12-4-6-13(7-5-12)22(23,24)25/h4-11H,1-3H3,(H,26,28,29). The fraction of sp³-hybridized carbons (Fsp3) is 0.227. The number of ether oxygens (including phenoxy) is 2. The number of halogens is 3. The average Bonchev–Trinajstić information content (AvgIpc) is 3.45. The van der Waals surface area contributed by atoms with Crippen molar-refractivity contribution in [2.24, 2.45) is 0 Å². The summed E-state index contributed by atoms with van der Waals surface area (Å²) in [6.07, 6.45) is -3.56. The van der Waals surface area contributed by atoms with Gasteiger partial charge >= 0.3 is 11.9 Å². The molecule has 0 saturated carbocycles. The third-order valence-electron chi connectivity index (χ3n) is 4.90. The molecule has 8 nitrogen and oxygen atoms in total. The molecule has 4 rings (SSSR count). The van der Waals surface area contributed by atoms with Crippen LogP contribution in [0.3, 0.4) is 0 Å². The SMILES string of the molecule is COc1cc(OC(C)c2sc(-c3ccc(C(F)(F)F)cc3)nc2[S+](C)[O-])ccc1-c1noc(=O)[nH]1. The summed E-state index contributed by atoms with van der Waals surface area (Å²) in [5.41, 5.74) is 0.193. The molecule has 0 fully saturated rings. The van der Waals surface area contributed by atoms with Gasteiger partial charge in [-0.25, -0.2) is 4.79 Å². The van der Waals surface area contributed by atoms with Crippen molar-refractivity contribution in [1.29, 1.82) is 0 Å². The normalized spacial score (nSPS) is 13.5. The molecule has 2 aromatic heterocycles. The van der Waals surface area contributed by atoms with Crippen LogP contribution in [0.25, 0.3) is 22.0 Å². The van der Waals surface area contributed by atoms with Crippen molar-refractivity contribution in [3.8, 4) is 33.5 Å². The molecule has 0 aliphatic heterocycles. The first kappa shape index (κ1) is 24.8. The van der Waals surface area contributed by atoms with Crippen LogP contribution in [0.4, 0.5) is 13.2 Å². The second kappa shape index (κ2) is 9.76.